The molecule has 5 heteroatoms. The summed E-state index contributed by atoms with van der Waals surface area (Å²) in [5, 5.41) is 9.46. The first kappa shape index (κ1) is 11.2. The fourth-order valence-corrected chi connectivity index (χ4v) is 1.91. The zero-order valence-electron chi connectivity index (χ0n) is 9.79. The van der Waals surface area contributed by atoms with Crippen molar-refractivity contribution in [3.05, 3.63) is 42.5 Å². The number of fused-ring (bicyclic) bond motifs is 1. The number of imidazole rings is 1. The molecule has 2 aromatic carbocycles. The zero-order valence-corrected chi connectivity index (χ0v) is 9.79. The first-order valence-electron chi connectivity index (χ1n) is 5.63. The van der Waals surface area contributed by atoms with Crippen LogP contribution in [0.2, 0.25) is 0 Å². The van der Waals surface area contributed by atoms with Crippen molar-refractivity contribution in [3.63, 3.8) is 0 Å². The summed E-state index contributed by atoms with van der Waals surface area (Å²) in [5.41, 5.74) is 2.85. The van der Waals surface area contributed by atoms with Gasteiger partial charge < -0.3 is 10.1 Å². The van der Waals surface area contributed by atoms with E-state index in [9.17, 15) is 9.90 Å². The molecule has 0 radical (unpaired) electrons. The lowest BCUT2D eigenvalue weighted by atomic mass is 10.2. The molecule has 1 heterocycles. The van der Waals surface area contributed by atoms with Crippen LogP contribution in [0, 0.1) is 0 Å². The number of aromatic hydroxyl groups is 1. The Morgan fingerprint density at radius 3 is 2.89 bits per heavy atom. The van der Waals surface area contributed by atoms with Gasteiger partial charge in [-0.25, -0.2) is 9.78 Å². The van der Waals surface area contributed by atoms with Crippen LogP contribution in [0.15, 0.2) is 47.5 Å². The molecule has 0 aliphatic rings. The van der Waals surface area contributed by atoms with Crippen LogP contribution in [0.1, 0.15) is 0 Å². The maximum Gasteiger partial charge on any atom is 0.240 e. The molecule has 1 aromatic heterocycles. The second-order valence-corrected chi connectivity index (χ2v) is 4.04. The number of aromatic nitrogens is 2. The van der Waals surface area contributed by atoms with Crippen LogP contribution in [0.5, 0.6) is 5.75 Å². The lowest BCUT2D eigenvalue weighted by molar-refractivity contribution is 0.475. The molecular weight excluding hydrogens is 242 g/mol. The second-order valence-electron chi connectivity index (χ2n) is 4.04. The average molecular weight is 251 g/mol. The van der Waals surface area contributed by atoms with Gasteiger partial charge in [-0.15, -0.1) is 0 Å². The standard InChI is InChI=1S/C14H9N3O2/c18-8-15-10-4-5-12-13(7-10)17-14(16-12)9-2-1-3-11(19)6-9/h1-7,19H,(H,16,17). The van der Waals surface area contributed by atoms with E-state index in [4.69, 9.17) is 0 Å². The Bertz CT molecular complexity index is 801. The molecule has 0 bridgehead atoms. The van der Waals surface area contributed by atoms with Gasteiger partial charge in [-0.05, 0) is 30.3 Å². The highest BCUT2D eigenvalue weighted by molar-refractivity contribution is 5.82. The largest absolute Gasteiger partial charge is 0.508 e. The molecule has 0 saturated heterocycles. The van der Waals surface area contributed by atoms with Crippen molar-refractivity contribution in [1.82, 2.24) is 9.97 Å². The fraction of sp³-hybridized carbons (Fsp3) is 0. The summed E-state index contributed by atoms with van der Waals surface area (Å²) in [7, 11) is 0. The number of H-pyrrole nitrogens is 1. The van der Waals surface area contributed by atoms with Gasteiger partial charge in [0.2, 0.25) is 6.08 Å². The minimum Gasteiger partial charge on any atom is -0.508 e. The first-order valence-corrected chi connectivity index (χ1v) is 5.63. The third-order valence-electron chi connectivity index (χ3n) is 2.76. The van der Waals surface area contributed by atoms with Gasteiger partial charge in [0.1, 0.15) is 11.6 Å². The lowest BCUT2D eigenvalue weighted by Crippen LogP contribution is -1.78. The molecule has 0 amide bonds. The number of phenolic OH excluding ortho intramolecular Hbond substituents is 1. The maximum atomic E-state index is 10.2. The van der Waals surface area contributed by atoms with Gasteiger partial charge in [0.05, 0.1) is 16.7 Å². The van der Waals surface area contributed by atoms with E-state index in [-0.39, 0.29) is 5.75 Å². The number of phenols is 1. The average Bonchev–Trinajstić information content (AvgIpc) is 2.82. The van der Waals surface area contributed by atoms with Crippen molar-refractivity contribution >= 4 is 22.8 Å². The molecule has 0 fully saturated rings. The quantitative estimate of drug-likeness (QED) is 0.543. The lowest BCUT2D eigenvalue weighted by Gasteiger charge is -1.96. The number of aromatic amines is 1. The van der Waals surface area contributed by atoms with E-state index >= 15 is 0 Å². The summed E-state index contributed by atoms with van der Waals surface area (Å²) in [4.78, 5) is 21.3. The van der Waals surface area contributed by atoms with Gasteiger partial charge in [0, 0.05) is 5.56 Å². The number of nitrogens with one attached hydrogen (secondary N) is 1. The monoisotopic (exact) mass is 251 g/mol. The topological polar surface area (TPSA) is 78.3 Å². The van der Waals surface area contributed by atoms with E-state index in [1.165, 1.54) is 6.08 Å². The number of benzene rings is 2. The van der Waals surface area contributed by atoms with Gasteiger partial charge in [-0.2, -0.15) is 4.99 Å². The Balaban J connectivity index is 2.13. The van der Waals surface area contributed by atoms with Gasteiger partial charge in [-0.3, -0.25) is 0 Å². The van der Waals surface area contributed by atoms with E-state index < -0.39 is 0 Å². The predicted octanol–water partition coefficient (Wildman–Crippen LogP) is 2.90. The molecular formula is C14H9N3O2. The van der Waals surface area contributed by atoms with Crippen LogP contribution in [0.3, 0.4) is 0 Å². The number of carbonyl (C=O) groups excluding carboxylic acids is 1. The predicted molar refractivity (Wildman–Crippen MR) is 71.0 cm³/mol. The molecule has 0 spiro atoms. The van der Waals surface area contributed by atoms with E-state index in [1.807, 2.05) is 6.07 Å². The van der Waals surface area contributed by atoms with Crippen molar-refractivity contribution in [2.24, 2.45) is 4.99 Å². The Kier molecular flexibility index (Phi) is 2.59. The molecule has 0 saturated carbocycles. The highest BCUT2D eigenvalue weighted by atomic mass is 16.3. The number of aliphatic imine (C=N–C) groups is 1. The Hall–Kier alpha value is -2.91. The van der Waals surface area contributed by atoms with E-state index in [0.29, 0.717) is 11.5 Å². The van der Waals surface area contributed by atoms with Crippen LogP contribution >= 0.6 is 0 Å². The number of hydrogen-bond acceptors (Lipinski definition) is 4. The van der Waals surface area contributed by atoms with Crippen molar-refractivity contribution < 1.29 is 9.90 Å². The van der Waals surface area contributed by atoms with Gasteiger partial charge in [0.25, 0.3) is 0 Å². The van der Waals surface area contributed by atoms with Crippen LogP contribution < -0.4 is 0 Å². The van der Waals surface area contributed by atoms with Crippen molar-refractivity contribution in [2.75, 3.05) is 0 Å². The SMILES string of the molecule is O=C=Nc1ccc2nc(-c3cccc(O)c3)[nH]c2c1. The Morgan fingerprint density at radius 2 is 2.11 bits per heavy atom. The zero-order chi connectivity index (χ0) is 13.2. The highest BCUT2D eigenvalue weighted by Crippen LogP contribution is 2.25. The van der Waals surface area contributed by atoms with Gasteiger partial charge in [-0.1, -0.05) is 12.1 Å². The molecule has 5 nitrogen and oxygen atoms in total. The first-order chi connectivity index (χ1) is 9.26. The van der Waals surface area contributed by atoms with Crippen LogP contribution in [0.25, 0.3) is 22.4 Å². The minimum absolute atomic E-state index is 0.184. The molecule has 0 unspecified atom stereocenters. The maximum absolute atomic E-state index is 10.2. The van der Waals surface area contributed by atoms with Crippen molar-refractivity contribution in [3.8, 4) is 17.1 Å². The minimum atomic E-state index is 0.184. The van der Waals surface area contributed by atoms with Crippen LogP contribution in [-0.2, 0) is 4.79 Å². The van der Waals surface area contributed by atoms with Crippen LogP contribution in [-0.4, -0.2) is 21.2 Å². The number of rotatable bonds is 2. The summed E-state index contributed by atoms with van der Waals surface area (Å²) in [6.07, 6.45) is 1.50. The molecule has 2 N–H and O–H groups in total. The number of nitrogens with zero attached hydrogens (tertiary/aromatic N) is 2. The van der Waals surface area contributed by atoms with Crippen molar-refractivity contribution in [2.45, 2.75) is 0 Å². The summed E-state index contributed by atoms with van der Waals surface area (Å²) >= 11 is 0. The number of isocyanates is 1. The molecule has 3 rings (SSSR count). The highest BCUT2D eigenvalue weighted by Gasteiger charge is 2.06. The Labute approximate surface area is 108 Å². The summed E-state index contributed by atoms with van der Waals surface area (Å²) < 4.78 is 0. The molecule has 0 aliphatic carbocycles. The smallest absolute Gasteiger partial charge is 0.240 e. The molecule has 92 valence electrons. The van der Waals surface area contributed by atoms with Gasteiger partial charge in [0.15, 0.2) is 0 Å². The molecule has 19 heavy (non-hydrogen) atoms. The number of hydrogen-bond donors (Lipinski definition) is 2. The molecule has 3 aromatic rings. The second kappa shape index (κ2) is 4.40. The van der Waals surface area contributed by atoms with E-state index in [0.717, 1.165) is 16.6 Å². The summed E-state index contributed by atoms with van der Waals surface area (Å²) in [6, 6.07) is 12.0. The summed E-state index contributed by atoms with van der Waals surface area (Å²) in [5.74, 6) is 0.835. The van der Waals surface area contributed by atoms with E-state index in [1.54, 1.807) is 36.4 Å². The normalized spacial score (nSPS) is 10.3. The Morgan fingerprint density at radius 1 is 1.21 bits per heavy atom. The summed E-state index contributed by atoms with van der Waals surface area (Å²) in [6.45, 7) is 0. The molecule has 0 aliphatic heterocycles. The van der Waals surface area contributed by atoms with Gasteiger partial charge >= 0.3 is 0 Å². The fourth-order valence-electron chi connectivity index (χ4n) is 1.91. The molecule has 0 atom stereocenters. The third kappa shape index (κ3) is 2.10. The third-order valence-corrected chi connectivity index (χ3v) is 2.76. The van der Waals surface area contributed by atoms with Crippen molar-refractivity contribution in [1.29, 1.82) is 0 Å². The van der Waals surface area contributed by atoms with Crippen LogP contribution in [0.4, 0.5) is 5.69 Å². The van der Waals surface area contributed by atoms with E-state index in [2.05, 4.69) is 15.0 Å².